The summed E-state index contributed by atoms with van der Waals surface area (Å²) in [5.41, 5.74) is 1.05. The minimum Gasteiger partial charge on any atom is -0.504 e. The van der Waals surface area contributed by atoms with Crippen LogP contribution in [-0.2, 0) is 10.0 Å². The van der Waals surface area contributed by atoms with Crippen molar-refractivity contribution in [2.24, 2.45) is 0 Å². The highest BCUT2D eigenvalue weighted by Crippen LogP contribution is 2.41. The molecular weight excluding hydrogens is 462 g/mol. The van der Waals surface area contributed by atoms with Gasteiger partial charge in [-0.2, -0.15) is 8.75 Å². The number of para-hydroxylation sites is 1. The van der Waals surface area contributed by atoms with E-state index in [0.717, 1.165) is 37.5 Å². The zero-order chi connectivity index (χ0) is 18.9. The van der Waals surface area contributed by atoms with Gasteiger partial charge in [-0.3, -0.25) is 0 Å². The summed E-state index contributed by atoms with van der Waals surface area (Å²) in [5.74, 6) is 0.501. The van der Waals surface area contributed by atoms with Gasteiger partial charge in [-0.05, 0) is 28.1 Å². The van der Waals surface area contributed by atoms with Crippen molar-refractivity contribution in [2.75, 3.05) is 24.7 Å². The van der Waals surface area contributed by atoms with Crippen LogP contribution in [0.1, 0.15) is 0 Å². The van der Waals surface area contributed by atoms with Gasteiger partial charge in [0.1, 0.15) is 0 Å². The maximum atomic E-state index is 12.2. The molecule has 26 heavy (non-hydrogen) atoms. The molecule has 0 aliphatic heterocycles. The molecule has 2 heterocycles. The number of aromatic hydroxyl groups is 1. The lowest BCUT2D eigenvalue weighted by Crippen LogP contribution is -2.21. The summed E-state index contributed by atoms with van der Waals surface area (Å²) in [5, 5.41) is 17.9. The molecule has 138 valence electrons. The third-order valence-corrected chi connectivity index (χ3v) is 7.84. The molecule has 3 rings (SSSR count). The first-order chi connectivity index (χ1) is 12.3. The Morgan fingerprint density at radius 3 is 2.35 bits per heavy atom. The summed E-state index contributed by atoms with van der Waals surface area (Å²) in [4.78, 5) is 0. The van der Waals surface area contributed by atoms with E-state index >= 15 is 0 Å². The molecule has 0 spiro atoms. The first kappa shape index (κ1) is 19.0. The second kappa shape index (κ2) is 7.48. The Morgan fingerprint density at radius 1 is 1.12 bits per heavy atom. The zero-order valence-corrected chi connectivity index (χ0v) is 17.6. The molecule has 0 amide bonds. The van der Waals surface area contributed by atoms with Crippen molar-refractivity contribution >= 4 is 72.0 Å². The maximum absolute atomic E-state index is 12.2. The molecule has 3 aromatic rings. The second-order valence-corrected chi connectivity index (χ2v) is 9.87. The monoisotopic (exact) mass is 475 g/mol. The summed E-state index contributed by atoms with van der Waals surface area (Å²) in [6.07, 6.45) is 0. The average Bonchev–Trinajstić information content (AvgIpc) is 3.17. The van der Waals surface area contributed by atoms with Crippen LogP contribution in [0.15, 0.2) is 38.3 Å². The van der Waals surface area contributed by atoms with Crippen molar-refractivity contribution in [3.63, 3.8) is 0 Å². The molecule has 0 bridgehead atoms. The Bertz CT molecular complexity index is 1030. The maximum Gasteiger partial charge on any atom is 0.255 e. The number of benzene rings is 1. The normalized spacial score (nSPS) is 11.7. The molecular formula is C14H14BrN5O3S3. The molecule has 1 aromatic carbocycles. The van der Waals surface area contributed by atoms with Gasteiger partial charge < -0.3 is 15.7 Å². The zero-order valence-electron chi connectivity index (χ0n) is 13.6. The quantitative estimate of drug-likeness (QED) is 0.497. The Labute approximate surface area is 167 Å². The van der Waals surface area contributed by atoms with Crippen molar-refractivity contribution in [2.45, 2.75) is 4.21 Å². The number of halogens is 1. The number of nitrogens with zero attached hydrogens (tertiary/aromatic N) is 3. The van der Waals surface area contributed by atoms with Crippen molar-refractivity contribution in [1.82, 2.24) is 13.1 Å². The van der Waals surface area contributed by atoms with Gasteiger partial charge in [0.25, 0.3) is 10.0 Å². The summed E-state index contributed by atoms with van der Waals surface area (Å²) in [7, 11) is -0.906. The molecule has 0 unspecified atom stereocenters. The lowest BCUT2D eigenvalue weighted by atomic mass is 10.3. The summed E-state index contributed by atoms with van der Waals surface area (Å²) < 4.78 is 34.6. The summed E-state index contributed by atoms with van der Waals surface area (Å²) in [6.45, 7) is 0. The van der Waals surface area contributed by atoms with Crippen molar-refractivity contribution in [1.29, 1.82) is 0 Å². The third kappa shape index (κ3) is 3.69. The number of nitrogens with one attached hydrogen (secondary N) is 2. The lowest BCUT2D eigenvalue weighted by molar-refractivity contribution is 0.460. The Balaban J connectivity index is 1.87. The molecule has 0 saturated carbocycles. The largest absolute Gasteiger partial charge is 0.504 e. The lowest BCUT2D eigenvalue weighted by Gasteiger charge is -2.10. The molecule has 0 aliphatic carbocycles. The first-order valence-corrected chi connectivity index (χ1v) is 11.0. The number of anilines is 4. The van der Waals surface area contributed by atoms with E-state index in [2.05, 4.69) is 35.3 Å². The highest BCUT2D eigenvalue weighted by Gasteiger charge is 2.26. The van der Waals surface area contributed by atoms with Gasteiger partial charge >= 0.3 is 0 Å². The van der Waals surface area contributed by atoms with Gasteiger partial charge in [0, 0.05) is 23.9 Å². The fourth-order valence-corrected chi connectivity index (χ4v) is 5.17. The van der Waals surface area contributed by atoms with E-state index in [4.69, 9.17) is 0 Å². The SMILES string of the molecule is CN(C)S(=O)(=O)c1scc(Nc2nsnc2Nc2ccccc2Br)c1O. The number of rotatable bonds is 6. The Hall–Kier alpha value is -1.73. The van der Waals surface area contributed by atoms with Crippen LogP contribution in [0.25, 0.3) is 0 Å². The van der Waals surface area contributed by atoms with E-state index in [0.29, 0.717) is 11.6 Å². The van der Waals surface area contributed by atoms with Gasteiger partial charge in [0.2, 0.25) is 0 Å². The molecule has 0 saturated heterocycles. The van der Waals surface area contributed by atoms with Crippen molar-refractivity contribution in [3.8, 4) is 5.75 Å². The van der Waals surface area contributed by atoms with Crippen LogP contribution in [0.2, 0.25) is 0 Å². The number of hydrogen-bond acceptors (Lipinski definition) is 9. The fourth-order valence-electron chi connectivity index (χ4n) is 1.94. The van der Waals surface area contributed by atoms with Gasteiger partial charge in [-0.25, -0.2) is 12.7 Å². The molecule has 0 atom stereocenters. The standard InChI is InChI=1S/C14H14BrN5O3S3/c1-20(2)26(22,23)14-11(21)10(7-24-14)17-13-12(18-25-19-13)16-9-6-4-3-5-8(9)15/h3-7,21H,1-2H3,(H,16,18)(H,17,19). The van der Waals surface area contributed by atoms with Crippen LogP contribution in [0.4, 0.5) is 23.0 Å². The van der Waals surface area contributed by atoms with E-state index in [1.54, 1.807) is 0 Å². The number of thiophene rings is 1. The van der Waals surface area contributed by atoms with Gasteiger partial charge in [-0.15, -0.1) is 11.3 Å². The van der Waals surface area contributed by atoms with E-state index < -0.39 is 10.0 Å². The highest BCUT2D eigenvalue weighted by atomic mass is 79.9. The van der Waals surface area contributed by atoms with E-state index in [1.807, 2.05) is 24.3 Å². The third-order valence-electron chi connectivity index (χ3n) is 3.32. The topological polar surface area (TPSA) is 107 Å². The molecule has 0 fully saturated rings. The van der Waals surface area contributed by atoms with Crippen molar-refractivity contribution in [3.05, 3.63) is 34.1 Å². The minimum absolute atomic E-state index is 0.131. The first-order valence-electron chi connectivity index (χ1n) is 7.15. The minimum atomic E-state index is -3.72. The molecule has 3 N–H and O–H groups in total. The summed E-state index contributed by atoms with van der Waals surface area (Å²) in [6, 6.07) is 7.53. The van der Waals surface area contributed by atoms with Crippen LogP contribution in [0.3, 0.4) is 0 Å². The predicted molar refractivity (Wildman–Crippen MR) is 107 cm³/mol. The molecule has 0 radical (unpaired) electrons. The van der Waals surface area contributed by atoms with E-state index in [1.165, 1.54) is 19.5 Å². The van der Waals surface area contributed by atoms with Crippen LogP contribution >= 0.6 is 39.0 Å². The Kier molecular flexibility index (Phi) is 5.48. The van der Waals surface area contributed by atoms with Crippen LogP contribution in [0, 0.1) is 0 Å². The van der Waals surface area contributed by atoms with Crippen molar-refractivity contribution < 1.29 is 13.5 Å². The molecule has 2 aromatic heterocycles. The van der Waals surface area contributed by atoms with Crippen LogP contribution < -0.4 is 10.6 Å². The predicted octanol–water partition coefficient (Wildman–Crippen LogP) is 3.81. The Morgan fingerprint density at radius 2 is 1.73 bits per heavy atom. The van der Waals surface area contributed by atoms with E-state index in [-0.39, 0.29) is 15.6 Å². The van der Waals surface area contributed by atoms with Gasteiger partial charge in [0.15, 0.2) is 21.6 Å². The van der Waals surface area contributed by atoms with Crippen LogP contribution in [-0.4, -0.2) is 40.7 Å². The van der Waals surface area contributed by atoms with Gasteiger partial charge in [0.05, 0.1) is 23.1 Å². The fraction of sp³-hybridized carbons (Fsp3) is 0.143. The second-order valence-electron chi connectivity index (χ2n) is 5.26. The molecule has 12 heteroatoms. The van der Waals surface area contributed by atoms with E-state index in [9.17, 15) is 13.5 Å². The summed E-state index contributed by atoms with van der Waals surface area (Å²) >= 11 is 5.37. The highest BCUT2D eigenvalue weighted by molar-refractivity contribution is 9.10. The number of hydrogen-bond donors (Lipinski definition) is 3. The molecule has 0 aliphatic rings. The number of aromatic nitrogens is 2. The van der Waals surface area contributed by atoms with Gasteiger partial charge in [-0.1, -0.05) is 12.1 Å². The molecule has 8 nitrogen and oxygen atoms in total. The average molecular weight is 476 g/mol. The smallest absolute Gasteiger partial charge is 0.255 e. The van der Waals surface area contributed by atoms with Crippen LogP contribution in [0.5, 0.6) is 5.75 Å². The number of sulfonamides is 1.